The van der Waals surface area contributed by atoms with Crippen LogP contribution < -0.4 is 0 Å². The van der Waals surface area contributed by atoms with Crippen molar-refractivity contribution in [2.75, 3.05) is 0 Å². The average molecular weight is 257 g/mol. The number of rotatable bonds is 3. The van der Waals surface area contributed by atoms with Gasteiger partial charge in [-0.05, 0) is 24.5 Å². The number of cyclic esters (lactones) is 1. The normalized spacial score (nSPS) is 24.1. The molecule has 3 nitrogen and oxygen atoms in total. The van der Waals surface area contributed by atoms with Gasteiger partial charge in [0.05, 0.1) is 0 Å². The number of benzene rings is 1. The van der Waals surface area contributed by atoms with E-state index in [1.54, 1.807) is 0 Å². The Morgan fingerprint density at radius 1 is 1.11 bits per heavy atom. The van der Waals surface area contributed by atoms with Crippen molar-refractivity contribution in [1.82, 2.24) is 0 Å². The molecule has 1 aliphatic carbocycles. The highest BCUT2D eigenvalue weighted by Gasteiger charge is 2.32. The van der Waals surface area contributed by atoms with E-state index < -0.39 is 0 Å². The lowest BCUT2D eigenvalue weighted by molar-refractivity contribution is -0.135. The molecule has 0 saturated heterocycles. The zero-order valence-corrected chi connectivity index (χ0v) is 11.0. The molecule has 0 amide bonds. The topological polar surface area (TPSA) is 38.7 Å². The number of hydrogen-bond donors (Lipinski definition) is 0. The second kappa shape index (κ2) is 5.55. The predicted molar refractivity (Wildman–Crippen MR) is 74.1 cm³/mol. The summed E-state index contributed by atoms with van der Waals surface area (Å²) >= 11 is 0. The fraction of sp³-hybridized carbons (Fsp3) is 0.500. The van der Waals surface area contributed by atoms with E-state index in [0.717, 1.165) is 12.0 Å². The van der Waals surface area contributed by atoms with E-state index in [-0.39, 0.29) is 12.0 Å². The van der Waals surface area contributed by atoms with E-state index in [2.05, 4.69) is 4.99 Å². The molecule has 1 aromatic rings. The molecule has 19 heavy (non-hydrogen) atoms. The van der Waals surface area contributed by atoms with Crippen molar-refractivity contribution in [3.05, 3.63) is 35.9 Å². The predicted octanol–water partition coefficient (Wildman–Crippen LogP) is 3.33. The summed E-state index contributed by atoms with van der Waals surface area (Å²) in [6.07, 6.45) is 7.25. The van der Waals surface area contributed by atoms with Crippen molar-refractivity contribution < 1.29 is 9.53 Å². The Morgan fingerprint density at radius 2 is 1.84 bits per heavy atom. The van der Waals surface area contributed by atoms with Crippen molar-refractivity contribution in [2.24, 2.45) is 10.9 Å². The van der Waals surface area contributed by atoms with Gasteiger partial charge in [0, 0.05) is 5.56 Å². The van der Waals surface area contributed by atoms with E-state index in [9.17, 15) is 4.79 Å². The van der Waals surface area contributed by atoms with Crippen LogP contribution in [0.25, 0.3) is 0 Å². The Morgan fingerprint density at radius 3 is 2.58 bits per heavy atom. The number of carbonyl (C=O) groups is 1. The molecule has 1 aromatic carbocycles. The van der Waals surface area contributed by atoms with Crippen LogP contribution in [0.1, 0.15) is 44.1 Å². The molecular formula is C16H19NO2. The molecule has 0 bridgehead atoms. The van der Waals surface area contributed by atoms with Gasteiger partial charge in [-0.2, -0.15) is 0 Å². The number of aliphatic imine (C=N–C) groups is 1. The number of carbonyl (C=O) groups excluding carboxylic acids is 1. The molecule has 2 aliphatic rings. The third kappa shape index (κ3) is 2.86. The molecule has 1 fully saturated rings. The standard InChI is InChI=1S/C16H19NO2/c18-16-14(11-12-7-3-1-4-8-12)17-15(19-16)13-9-5-2-6-10-13/h2,5-6,9-10,12,14H,1,3-4,7-8,11H2/t14-/m1/s1. The molecule has 0 aromatic heterocycles. The Kier molecular flexibility index (Phi) is 3.62. The minimum atomic E-state index is -0.279. The smallest absolute Gasteiger partial charge is 0.337 e. The number of esters is 1. The summed E-state index contributed by atoms with van der Waals surface area (Å²) in [5.74, 6) is 0.959. The van der Waals surface area contributed by atoms with Crippen LogP contribution in [0.5, 0.6) is 0 Å². The molecule has 3 rings (SSSR count). The van der Waals surface area contributed by atoms with Crippen molar-refractivity contribution in [3.63, 3.8) is 0 Å². The monoisotopic (exact) mass is 257 g/mol. The third-order valence-electron chi connectivity index (χ3n) is 4.04. The highest BCUT2D eigenvalue weighted by Crippen LogP contribution is 2.30. The van der Waals surface area contributed by atoms with Crippen LogP contribution in [-0.2, 0) is 9.53 Å². The summed E-state index contributed by atoms with van der Waals surface area (Å²) < 4.78 is 5.31. The van der Waals surface area contributed by atoms with Crippen molar-refractivity contribution in [1.29, 1.82) is 0 Å². The van der Waals surface area contributed by atoms with E-state index in [1.165, 1.54) is 32.1 Å². The van der Waals surface area contributed by atoms with Gasteiger partial charge in [-0.25, -0.2) is 9.79 Å². The highest BCUT2D eigenvalue weighted by molar-refractivity contribution is 6.06. The third-order valence-corrected chi connectivity index (χ3v) is 4.04. The van der Waals surface area contributed by atoms with E-state index in [4.69, 9.17) is 4.74 Å². The molecule has 1 atom stereocenters. The molecule has 100 valence electrons. The van der Waals surface area contributed by atoms with Gasteiger partial charge in [0.25, 0.3) is 0 Å². The second-order valence-electron chi connectivity index (χ2n) is 5.48. The molecule has 0 unspecified atom stereocenters. The van der Waals surface area contributed by atoms with Gasteiger partial charge in [-0.3, -0.25) is 0 Å². The van der Waals surface area contributed by atoms with Crippen molar-refractivity contribution in [3.8, 4) is 0 Å². The highest BCUT2D eigenvalue weighted by atomic mass is 16.6. The van der Waals surface area contributed by atoms with Gasteiger partial charge in [-0.15, -0.1) is 0 Å². The van der Waals surface area contributed by atoms with Gasteiger partial charge in [-0.1, -0.05) is 50.3 Å². The Bertz CT molecular complexity index is 475. The summed E-state index contributed by atoms with van der Waals surface area (Å²) in [5, 5.41) is 0. The zero-order chi connectivity index (χ0) is 13.1. The van der Waals surface area contributed by atoms with Crippen LogP contribution in [0.2, 0.25) is 0 Å². The maximum Gasteiger partial charge on any atom is 0.337 e. The molecular weight excluding hydrogens is 238 g/mol. The lowest BCUT2D eigenvalue weighted by Gasteiger charge is -2.21. The van der Waals surface area contributed by atoms with Crippen LogP contribution >= 0.6 is 0 Å². The quantitative estimate of drug-likeness (QED) is 0.779. The SMILES string of the molecule is O=C1OC(c2ccccc2)=N[C@@H]1CC1CCCCC1. The molecule has 1 aliphatic heterocycles. The van der Waals surface area contributed by atoms with Gasteiger partial charge in [0.1, 0.15) is 0 Å². The van der Waals surface area contributed by atoms with Crippen LogP contribution in [0.15, 0.2) is 35.3 Å². The summed E-state index contributed by atoms with van der Waals surface area (Å²) in [7, 11) is 0. The first-order valence-corrected chi connectivity index (χ1v) is 7.18. The molecule has 0 radical (unpaired) electrons. The van der Waals surface area contributed by atoms with Crippen LogP contribution in [-0.4, -0.2) is 17.9 Å². The van der Waals surface area contributed by atoms with Crippen LogP contribution in [0, 0.1) is 5.92 Å². The minimum Gasteiger partial charge on any atom is -0.406 e. The number of nitrogens with zero attached hydrogens (tertiary/aromatic N) is 1. The van der Waals surface area contributed by atoms with Crippen LogP contribution in [0.4, 0.5) is 0 Å². The van der Waals surface area contributed by atoms with Gasteiger partial charge < -0.3 is 4.74 Å². The lowest BCUT2D eigenvalue weighted by atomic mass is 9.85. The van der Waals surface area contributed by atoms with Crippen LogP contribution in [0.3, 0.4) is 0 Å². The molecule has 0 spiro atoms. The Balaban J connectivity index is 1.69. The number of hydrogen-bond acceptors (Lipinski definition) is 3. The first-order chi connectivity index (χ1) is 9.33. The fourth-order valence-electron chi connectivity index (χ4n) is 2.99. The summed E-state index contributed by atoms with van der Waals surface area (Å²) in [5.41, 5.74) is 0.891. The van der Waals surface area contributed by atoms with Gasteiger partial charge in [0.2, 0.25) is 5.90 Å². The van der Waals surface area contributed by atoms with Crippen molar-refractivity contribution >= 4 is 11.9 Å². The first kappa shape index (κ1) is 12.4. The maximum absolute atomic E-state index is 11.9. The summed E-state index contributed by atoms with van der Waals surface area (Å²) in [6.45, 7) is 0. The molecule has 1 heterocycles. The van der Waals surface area contributed by atoms with E-state index in [1.807, 2.05) is 30.3 Å². The summed E-state index contributed by atoms with van der Waals surface area (Å²) in [4.78, 5) is 16.4. The Labute approximate surface area is 113 Å². The first-order valence-electron chi connectivity index (χ1n) is 7.18. The second-order valence-corrected chi connectivity index (χ2v) is 5.48. The maximum atomic E-state index is 11.9. The van der Waals surface area contributed by atoms with Crippen molar-refractivity contribution in [2.45, 2.75) is 44.6 Å². The summed E-state index contributed by atoms with van der Waals surface area (Å²) in [6, 6.07) is 9.38. The Hall–Kier alpha value is -1.64. The number of ether oxygens (including phenoxy) is 1. The van der Waals surface area contributed by atoms with E-state index >= 15 is 0 Å². The molecule has 3 heteroatoms. The van der Waals surface area contributed by atoms with E-state index in [0.29, 0.717) is 11.8 Å². The lowest BCUT2D eigenvalue weighted by Crippen LogP contribution is -2.20. The zero-order valence-electron chi connectivity index (χ0n) is 11.0. The average Bonchev–Trinajstić information content (AvgIpc) is 2.82. The largest absolute Gasteiger partial charge is 0.406 e. The van der Waals surface area contributed by atoms with Gasteiger partial charge in [0.15, 0.2) is 6.04 Å². The van der Waals surface area contributed by atoms with Gasteiger partial charge >= 0.3 is 5.97 Å². The fourth-order valence-corrected chi connectivity index (χ4v) is 2.99. The minimum absolute atomic E-state index is 0.176. The molecule has 1 saturated carbocycles. The molecule has 0 N–H and O–H groups in total.